The molecule has 1 N–H and O–H groups in total. The molecule has 0 amide bonds. The zero-order chi connectivity index (χ0) is 15.2. The predicted octanol–water partition coefficient (Wildman–Crippen LogP) is 4.84. The van der Waals surface area contributed by atoms with Gasteiger partial charge < -0.3 is 10.1 Å². The van der Waals surface area contributed by atoms with Crippen molar-refractivity contribution in [3.8, 4) is 11.6 Å². The van der Waals surface area contributed by atoms with Crippen LogP contribution in [-0.2, 0) is 0 Å². The summed E-state index contributed by atoms with van der Waals surface area (Å²) in [6.07, 6.45) is 2.75. The monoisotopic (exact) mass is 352 g/mol. The van der Waals surface area contributed by atoms with Gasteiger partial charge in [0, 0.05) is 17.8 Å². The van der Waals surface area contributed by atoms with Gasteiger partial charge in [-0.05, 0) is 60.1 Å². The van der Waals surface area contributed by atoms with Gasteiger partial charge in [0.25, 0.3) is 0 Å². The number of nitrogens with one attached hydrogen (secondary N) is 1. The van der Waals surface area contributed by atoms with Gasteiger partial charge in [-0.15, -0.1) is 0 Å². The first-order valence-electron chi connectivity index (χ1n) is 6.93. The Morgan fingerprint density at radius 1 is 1.38 bits per heavy atom. The third-order valence-corrected chi connectivity index (χ3v) is 3.68. The standard InChI is InChI=1S/C16H18BrFN2O/c1-3-8-19-11(2)13-5-4-9-20-16(13)21-12-6-7-15(18)14(17)10-12/h4-7,9-11,19H,3,8H2,1-2H3. The van der Waals surface area contributed by atoms with Crippen molar-refractivity contribution >= 4 is 15.9 Å². The molecule has 0 radical (unpaired) electrons. The van der Waals surface area contributed by atoms with Crippen molar-refractivity contribution in [3.05, 3.63) is 52.4 Å². The van der Waals surface area contributed by atoms with E-state index in [2.05, 4.69) is 40.1 Å². The van der Waals surface area contributed by atoms with E-state index in [0.717, 1.165) is 18.5 Å². The summed E-state index contributed by atoms with van der Waals surface area (Å²) < 4.78 is 19.4. The van der Waals surface area contributed by atoms with Crippen molar-refractivity contribution in [1.82, 2.24) is 10.3 Å². The topological polar surface area (TPSA) is 34.2 Å². The average Bonchev–Trinajstić information content (AvgIpc) is 2.49. The molecule has 2 rings (SSSR count). The predicted molar refractivity (Wildman–Crippen MR) is 85.1 cm³/mol. The molecule has 5 heteroatoms. The van der Waals surface area contributed by atoms with Crippen LogP contribution in [0, 0.1) is 5.82 Å². The van der Waals surface area contributed by atoms with Gasteiger partial charge in [0.2, 0.25) is 5.88 Å². The lowest BCUT2D eigenvalue weighted by molar-refractivity contribution is 0.440. The second kappa shape index (κ2) is 7.52. The Labute approximate surface area is 132 Å². The first-order chi connectivity index (χ1) is 10.1. The number of nitrogens with zero attached hydrogens (tertiary/aromatic N) is 1. The highest BCUT2D eigenvalue weighted by molar-refractivity contribution is 9.10. The summed E-state index contributed by atoms with van der Waals surface area (Å²) in [4.78, 5) is 4.28. The van der Waals surface area contributed by atoms with Gasteiger partial charge in [0.05, 0.1) is 4.47 Å². The van der Waals surface area contributed by atoms with E-state index >= 15 is 0 Å². The van der Waals surface area contributed by atoms with E-state index in [1.807, 2.05) is 12.1 Å². The smallest absolute Gasteiger partial charge is 0.223 e. The van der Waals surface area contributed by atoms with Gasteiger partial charge in [-0.1, -0.05) is 13.0 Å². The van der Waals surface area contributed by atoms with E-state index in [9.17, 15) is 4.39 Å². The van der Waals surface area contributed by atoms with Crippen LogP contribution in [0.25, 0.3) is 0 Å². The third-order valence-electron chi connectivity index (χ3n) is 3.07. The van der Waals surface area contributed by atoms with Crippen LogP contribution in [0.3, 0.4) is 0 Å². The summed E-state index contributed by atoms with van der Waals surface area (Å²) in [6, 6.07) is 8.54. The van der Waals surface area contributed by atoms with Gasteiger partial charge >= 0.3 is 0 Å². The lowest BCUT2D eigenvalue weighted by Crippen LogP contribution is -2.20. The second-order valence-corrected chi connectivity index (χ2v) is 5.61. The molecule has 1 aromatic heterocycles. The van der Waals surface area contributed by atoms with E-state index in [-0.39, 0.29) is 11.9 Å². The molecule has 0 saturated heterocycles. The van der Waals surface area contributed by atoms with Gasteiger partial charge in [0.15, 0.2) is 0 Å². The van der Waals surface area contributed by atoms with E-state index in [0.29, 0.717) is 16.1 Å². The quantitative estimate of drug-likeness (QED) is 0.807. The van der Waals surface area contributed by atoms with Crippen molar-refractivity contribution in [2.45, 2.75) is 26.3 Å². The van der Waals surface area contributed by atoms with Gasteiger partial charge in [-0.25, -0.2) is 9.37 Å². The number of rotatable bonds is 6. The SMILES string of the molecule is CCCNC(C)c1cccnc1Oc1ccc(F)c(Br)c1. The Morgan fingerprint density at radius 3 is 2.90 bits per heavy atom. The summed E-state index contributed by atoms with van der Waals surface area (Å²) >= 11 is 3.15. The zero-order valence-corrected chi connectivity index (χ0v) is 13.7. The van der Waals surface area contributed by atoms with Crippen molar-refractivity contribution in [1.29, 1.82) is 0 Å². The molecule has 0 spiro atoms. The number of ether oxygens (including phenoxy) is 1. The number of hydrogen-bond donors (Lipinski definition) is 1. The lowest BCUT2D eigenvalue weighted by Gasteiger charge is -2.17. The Bertz CT molecular complexity index is 607. The highest BCUT2D eigenvalue weighted by atomic mass is 79.9. The fourth-order valence-electron chi connectivity index (χ4n) is 1.94. The fraction of sp³-hybridized carbons (Fsp3) is 0.312. The molecular weight excluding hydrogens is 335 g/mol. The minimum absolute atomic E-state index is 0.137. The molecule has 0 saturated carbocycles. The molecule has 112 valence electrons. The van der Waals surface area contributed by atoms with Crippen LogP contribution in [0.2, 0.25) is 0 Å². The highest BCUT2D eigenvalue weighted by Gasteiger charge is 2.13. The van der Waals surface area contributed by atoms with E-state index < -0.39 is 0 Å². The summed E-state index contributed by atoms with van der Waals surface area (Å²) in [5.74, 6) is 0.764. The van der Waals surface area contributed by atoms with Crippen LogP contribution in [0.15, 0.2) is 41.0 Å². The largest absolute Gasteiger partial charge is 0.439 e. The molecule has 0 fully saturated rings. The maximum Gasteiger partial charge on any atom is 0.223 e. The van der Waals surface area contributed by atoms with Crippen LogP contribution >= 0.6 is 15.9 Å². The first-order valence-corrected chi connectivity index (χ1v) is 7.72. The molecule has 0 aliphatic carbocycles. The molecule has 1 heterocycles. The summed E-state index contributed by atoms with van der Waals surface area (Å²) in [5.41, 5.74) is 0.978. The summed E-state index contributed by atoms with van der Waals surface area (Å²) in [7, 11) is 0. The number of benzene rings is 1. The fourth-order valence-corrected chi connectivity index (χ4v) is 2.30. The van der Waals surface area contributed by atoms with Crippen LogP contribution < -0.4 is 10.1 Å². The Kier molecular flexibility index (Phi) is 5.70. The molecule has 1 aromatic carbocycles. The zero-order valence-electron chi connectivity index (χ0n) is 12.1. The van der Waals surface area contributed by atoms with Crippen molar-refractivity contribution in [2.75, 3.05) is 6.54 Å². The Hall–Kier alpha value is -1.46. The number of pyridine rings is 1. The highest BCUT2D eigenvalue weighted by Crippen LogP contribution is 2.29. The maximum absolute atomic E-state index is 13.3. The Balaban J connectivity index is 2.21. The summed E-state index contributed by atoms with van der Waals surface area (Å²) in [5, 5.41) is 3.41. The molecule has 0 bridgehead atoms. The molecule has 0 aliphatic rings. The van der Waals surface area contributed by atoms with Crippen LogP contribution in [0.1, 0.15) is 31.9 Å². The minimum atomic E-state index is -0.318. The van der Waals surface area contributed by atoms with Crippen molar-refractivity contribution < 1.29 is 9.13 Å². The molecule has 3 nitrogen and oxygen atoms in total. The summed E-state index contributed by atoms with van der Waals surface area (Å²) in [6.45, 7) is 5.12. The van der Waals surface area contributed by atoms with Crippen LogP contribution in [0.5, 0.6) is 11.6 Å². The third kappa shape index (κ3) is 4.25. The minimum Gasteiger partial charge on any atom is -0.439 e. The molecule has 21 heavy (non-hydrogen) atoms. The van der Waals surface area contributed by atoms with E-state index in [1.165, 1.54) is 6.07 Å². The second-order valence-electron chi connectivity index (χ2n) is 4.75. The molecule has 2 aromatic rings. The first kappa shape index (κ1) is 15.9. The molecule has 1 unspecified atom stereocenters. The Morgan fingerprint density at radius 2 is 2.19 bits per heavy atom. The lowest BCUT2D eigenvalue weighted by atomic mass is 10.1. The number of hydrogen-bond acceptors (Lipinski definition) is 3. The van der Waals surface area contributed by atoms with Crippen molar-refractivity contribution in [3.63, 3.8) is 0 Å². The normalized spacial score (nSPS) is 12.2. The molecule has 0 aliphatic heterocycles. The van der Waals surface area contributed by atoms with Gasteiger partial charge in [0.1, 0.15) is 11.6 Å². The van der Waals surface area contributed by atoms with Gasteiger partial charge in [-0.2, -0.15) is 0 Å². The maximum atomic E-state index is 13.3. The van der Waals surface area contributed by atoms with E-state index in [4.69, 9.17) is 4.74 Å². The number of aromatic nitrogens is 1. The number of halogens is 2. The van der Waals surface area contributed by atoms with Crippen LogP contribution in [-0.4, -0.2) is 11.5 Å². The van der Waals surface area contributed by atoms with Gasteiger partial charge in [-0.3, -0.25) is 0 Å². The van der Waals surface area contributed by atoms with Crippen molar-refractivity contribution in [2.24, 2.45) is 0 Å². The van der Waals surface area contributed by atoms with Crippen LogP contribution in [0.4, 0.5) is 4.39 Å². The average molecular weight is 353 g/mol. The molecular formula is C16H18BrFN2O. The molecule has 1 atom stereocenters. The van der Waals surface area contributed by atoms with E-state index in [1.54, 1.807) is 18.3 Å².